The van der Waals surface area contributed by atoms with Crippen molar-refractivity contribution in [3.63, 3.8) is 0 Å². The molecular weight excluding hydrogens is 372 g/mol. The Hall–Kier alpha value is -2.12. The molecule has 0 atom stereocenters. The number of unbranched alkanes of at least 4 members (excludes halogenated alkanes) is 1. The Morgan fingerprint density at radius 2 is 2.00 bits per heavy atom. The van der Waals surface area contributed by atoms with Crippen molar-refractivity contribution in [2.75, 3.05) is 40.3 Å². The van der Waals surface area contributed by atoms with Crippen molar-refractivity contribution in [2.24, 2.45) is 0 Å². The first kappa shape index (κ1) is 22.2. The number of thiocarbonyl (C=S) groups is 1. The highest BCUT2D eigenvalue weighted by Gasteiger charge is 2.13. The number of likely N-dealkylation sites (N-methyl/N-ethyl adjacent to an activating group) is 1. The number of pyridine rings is 1. The molecule has 154 valence electrons. The SMILES string of the molecule is CCCCNC(=S)N(CCN(C)C)Cc1cc2cc(OCC)ccc2[nH]c1=O. The summed E-state index contributed by atoms with van der Waals surface area (Å²) in [7, 11) is 4.06. The first-order valence-electron chi connectivity index (χ1n) is 9.90. The topological polar surface area (TPSA) is 60.6 Å². The average molecular weight is 405 g/mol. The Morgan fingerprint density at radius 1 is 1.21 bits per heavy atom. The largest absolute Gasteiger partial charge is 0.494 e. The Morgan fingerprint density at radius 3 is 2.68 bits per heavy atom. The molecule has 0 aliphatic carbocycles. The number of aromatic nitrogens is 1. The molecule has 0 saturated heterocycles. The van der Waals surface area contributed by atoms with E-state index in [-0.39, 0.29) is 5.56 Å². The van der Waals surface area contributed by atoms with Gasteiger partial charge >= 0.3 is 0 Å². The summed E-state index contributed by atoms with van der Waals surface area (Å²) in [5.41, 5.74) is 1.42. The number of benzene rings is 1. The van der Waals surface area contributed by atoms with E-state index in [9.17, 15) is 4.79 Å². The number of nitrogens with one attached hydrogen (secondary N) is 2. The summed E-state index contributed by atoms with van der Waals surface area (Å²) in [4.78, 5) is 19.8. The van der Waals surface area contributed by atoms with Crippen LogP contribution in [-0.2, 0) is 6.54 Å². The molecule has 1 heterocycles. The lowest BCUT2D eigenvalue weighted by Gasteiger charge is -2.27. The summed E-state index contributed by atoms with van der Waals surface area (Å²) in [6.45, 7) is 7.64. The van der Waals surface area contributed by atoms with Crippen molar-refractivity contribution in [3.05, 3.63) is 40.2 Å². The smallest absolute Gasteiger partial charge is 0.253 e. The number of fused-ring (bicyclic) bond motifs is 1. The number of hydrogen-bond donors (Lipinski definition) is 2. The number of H-pyrrole nitrogens is 1. The number of hydrogen-bond acceptors (Lipinski definition) is 4. The third-order valence-corrected chi connectivity index (χ3v) is 4.88. The van der Waals surface area contributed by atoms with Crippen LogP contribution in [0.4, 0.5) is 0 Å². The van der Waals surface area contributed by atoms with Gasteiger partial charge in [-0.25, -0.2) is 0 Å². The number of nitrogens with zero attached hydrogens (tertiary/aromatic N) is 2. The first-order valence-corrected chi connectivity index (χ1v) is 10.3. The Bertz CT molecular complexity index is 835. The van der Waals surface area contributed by atoms with Gasteiger partial charge in [0.25, 0.3) is 5.56 Å². The van der Waals surface area contributed by atoms with Crippen LogP contribution in [0.15, 0.2) is 29.1 Å². The van der Waals surface area contributed by atoms with Gasteiger partial charge in [0, 0.05) is 36.1 Å². The second kappa shape index (κ2) is 11.0. The third-order valence-electron chi connectivity index (χ3n) is 4.48. The van der Waals surface area contributed by atoms with E-state index in [1.807, 2.05) is 45.3 Å². The van der Waals surface area contributed by atoms with Crippen molar-refractivity contribution < 1.29 is 4.74 Å². The van der Waals surface area contributed by atoms with Crippen LogP contribution in [0, 0.1) is 0 Å². The summed E-state index contributed by atoms with van der Waals surface area (Å²) in [6.07, 6.45) is 2.18. The summed E-state index contributed by atoms with van der Waals surface area (Å²) < 4.78 is 5.58. The maximum absolute atomic E-state index is 12.6. The lowest BCUT2D eigenvalue weighted by atomic mass is 10.1. The molecule has 28 heavy (non-hydrogen) atoms. The van der Waals surface area contributed by atoms with E-state index in [1.54, 1.807) is 0 Å². The van der Waals surface area contributed by atoms with Gasteiger partial charge in [-0.05, 0) is 63.9 Å². The van der Waals surface area contributed by atoms with Crippen LogP contribution in [0.2, 0.25) is 0 Å². The lowest BCUT2D eigenvalue weighted by Crippen LogP contribution is -2.43. The van der Waals surface area contributed by atoms with E-state index in [2.05, 4.69) is 27.0 Å². The highest BCUT2D eigenvalue weighted by Crippen LogP contribution is 2.19. The van der Waals surface area contributed by atoms with Gasteiger partial charge < -0.3 is 24.8 Å². The van der Waals surface area contributed by atoms with Crippen molar-refractivity contribution in [3.8, 4) is 5.75 Å². The van der Waals surface area contributed by atoms with Gasteiger partial charge in [-0.3, -0.25) is 4.79 Å². The molecule has 0 bridgehead atoms. The monoisotopic (exact) mass is 404 g/mol. The number of ether oxygens (including phenoxy) is 1. The second-order valence-electron chi connectivity index (χ2n) is 7.12. The van der Waals surface area contributed by atoms with E-state index >= 15 is 0 Å². The summed E-state index contributed by atoms with van der Waals surface area (Å²) in [5.74, 6) is 0.800. The van der Waals surface area contributed by atoms with Crippen LogP contribution in [0.1, 0.15) is 32.3 Å². The zero-order valence-electron chi connectivity index (χ0n) is 17.4. The maximum atomic E-state index is 12.6. The van der Waals surface area contributed by atoms with Crippen molar-refractivity contribution in [1.29, 1.82) is 0 Å². The Kier molecular flexibility index (Phi) is 8.73. The van der Waals surface area contributed by atoms with Crippen molar-refractivity contribution >= 4 is 28.2 Å². The van der Waals surface area contributed by atoms with E-state index in [0.29, 0.717) is 23.8 Å². The molecule has 0 amide bonds. The second-order valence-corrected chi connectivity index (χ2v) is 7.50. The van der Waals surface area contributed by atoms with Crippen molar-refractivity contribution in [1.82, 2.24) is 20.1 Å². The fourth-order valence-electron chi connectivity index (χ4n) is 2.87. The van der Waals surface area contributed by atoms with E-state index in [0.717, 1.165) is 49.1 Å². The molecule has 0 radical (unpaired) electrons. The zero-order chi connectivity index (χ0) is 20.5. The molecule has 2 rings (SSSR count). The van der Waals surface area contributed by atoms with Gasteiger partial charge in [-0.15, -0.1) is 0 Å². The predicted molar refractivity (Wildman–Crippen MR) is 120 cm³/mol. The molecule has 0 unspecified atom stereocenters. The van der Waals surface area contributed by atoms with Gasteiger partial charge in [0.15, 0.2) is 5.11 Å². The molecule has 0 aliphatic heterocycles. The van der Waals surface area contributed by atoms with Gasteiger partial charge in [0.1, 0.15) is 5.75 Å². The normalized spacial score (nSPS) is 11.0. The van der Waals surface area contributed by atoms with Gasteiger partial charge in [0.2, 0.25) is 0 Å². The summed E-state index contributed by atoms with van der Waals surface area (Å²) in [5, 5.41) is 4.97. The molecule has 0 fully saturated rings. The molecule has 6 nitrogen and oxygen atoms in total. The quantitative estimate of drug-likeness (QED) is 0.469. The Balaban J connectivity index is 2.24. The molecule has 0 aliphatic rings. The van der Waals surface area contributed by atoms with E-state index < -0.39 is 0 Å². The molecule has 1 aromatic heterocycles. The zero-order valence-corrected chi connectivity index (χ0v) is 18.2. The number of aromatic amines is 1. The molecular formula is C21H32N4O2S. The Labute approximate surface area is 172 Å². The van der Waals surface area contributed by atoms with E-state index in [1.165, 1.54) is 0 Å². The molecule has 0 spiro atoms. The minimum Gasteiger partial charge on any atom is -0.494 e. The van der Waals surface area contributed by atoms with Crippen LogP contribution < -0.4 is 15.6 Å². The van der Waals surface area contributed by atoms with Crippen LogP contribution in [0.3, 0.4) is 0 Å². The molecule has 0 saturated carbocycles. The number of rotatable bonds is 10. The summed E-state index contributed by atoms with van der Waals surface area (Å²) >= 11 is 5.60. The molecule has 7 heteroatoms. The van der Waals surface area contributed by atoms with Crippen molar-refractivity contribution in [2.45, 2.75) is 33.2 Å². The maximum Gasteiger partial charge on any atom is 0.253 e. The first-order chi connectivity index (χ1) is 13.4. The molecule has 2 N–H and O–H groups in total. The average Bonchev–Trinajstić information content (AvgIpc) is 2.65. The fourth-order valence-corrected chi connectivity index (χ4v) is 3.12. The van der Waals surface area contributed by atoms with Crippen LogP contribution in [0.25, 0.3) is 10.9 Å². The van der Waals surface area contributed by atoms with Crippen LogP contribution >= 0.6 is 12.2 Å². The molecule has 1 aromatic carbocycles. The third kappa shape index (κ3) is 6.49. The highest BCUT2D eigenvalue weighted by molar-refractivity contribution is 7.80. The minimum atomic E-state index is -0.0807. The summed E-state index contributed by atoms with van der Waals surface area (Å²) in [6, 6.07) is 7.65. The van der Waals surface area contributed by atoms with Gasteiger partial charge in [-0.2, -0.15) is 0 Å². The van der Waals surface area contributed by atoms with Gasteiger partial charge in [-0.1, -0.05) is 13.3 Å². The standard InChI is InChI=1S/C21H32N4O2S/c1-5-7-10-22-21(28)25(12-11-24(3)4)15-17-13-16-14-18(27-6-2)8-9-19(16)23-20(17)26/h8-9,13-14H,5-7,10-12,15H2,1-4H3,(H,22,28)(H,23,26). The minimum absolute atomic E-state index is 0.0807. The van der Waals surface area contributed by atoms with Crippen LogP contribution in [0.5, 0.6) is 5.75 Å². The van der Waals surface area contributed by atoms with E-state index in [4.69, 9.17) is 17.0 Å². The molecule has 2 aromatic rings. The fraction of sp³-hybridized carbons (Fsp3) is 0.524. The predicted octanol–water partition coefficient (Wildman–Crippen LogP) is 2.97. The van der Waals surface area contributed by atoms with Crippen LogP contribution in [-0.4, -0.2) is 60.2 Å². The lowest BCUT2D eigenvalue weighted by molar-refractivity contribution is 0.322. The highest BCUT2D eigenvalue weighted by atomic mass is 32.1. The van der Waals surface area contributed by atoms with Gasteiger partial charge in [0.05, 0.1) is 13.2 Å².